The molecule has 0 spiro atoms. The van der Waals surface area contributed by atoms with E-state index in [1.807, 2.05) is 19.2 Å². The smallest absolute Gasteiger partial charge is 0.260 e. The van der Waals surface area contributed by atoms with Crippen molar-refractivity contribution in [1.29, 1.82) is 0 Å². The number of carbonyl (C=O) groups is 1. The molecule has 0 saturated heterocycles. The first kappa shape index (κ1) is 33.2. The van der Waals surface area contributed by atoms with Crippen LogP contribution in [-0.4, -0.2) is 47.2 Å². The molecule has 1 heterocycles. The number of amides is 1. The van der Waals surface area contributed by atoms with Gasteiger partial charge in [-0.05, 0) is 59.7 Å². The zero-order valence-corrected chi connectivity index (χ0v) is 28.8. The highest BCUT2D eigenvalue weighted by molar-refractivity contribution is 6.78. The largest absolute Gasteiger partial charge is 0.540 e. The molecule has 2 rings (SSSR count). The van der Waals surface area contributed by atoms with Crippen molar-refractivity contribution in [3.05, 3.63) is 41.6 Å². The van der Waals surface area contributed by atoms with Gasteiger partial charge in [0, 0.05) is 18.0 Å². The number of rotatable bonds is 11. The second-order valence-electron chi connectivity index (χ2n) is 13.4. The van der Waals surface area contributed by atoms with Gasteiger partial charge in [-0.3, -0.25) is 4.79 Å². The standard InChI is InChI=1S/C31H54N2O4Si2/c1-14-15-24-16-25(20-36-38(12,13)31(8,9)10)33(19-24)30(34)26-17-28(35-11)29(18-27(26)32)37-39(21(2)3,22(4)5)23(6)7/h14-15,17-19,21-23,25H,16,20,32H2,1-13H3/b15-14+. The first-order chi connectivity index (χ1) is 17.9. The minimum absolute atomic E-state index is 0.0914. The number of nitrogens with zero attached hydrogens (tertiary/aromatic N) is 1. The first-order valence-electron chi connectivity index (χ1n) is 14.4. The number of anilines is 1. The Morgan fingerprint density at radius 2 is 1.64 bits per heavy atom. The van der Waals surface area contributed by atoms with Crippen molar-refractivity contribution >= 4 is 28.2 Å². The average Bonchev–Trinajstić information content (AvgIpc) is 3.22. The molecule has 1 aliphatic heterocycles. The molecular weight excluding hydrogens is 521 g/mol. The van der Waals surface area contributed by atoms with Crippen LogP contribution in [0.5, 0.6) is 11.5 Å². The molecule has 1 aliphatic rings. The van der Waals surface area contributed by atoms with Crippen molar-refractivity contribution in [2.45, 2.75) is 116 Å². The van der Waals surface area contributed by atoms with Gasteiger partial charge in [0.25, 0.3) is 14.2 Å². The Morgan fingerprint density at radius 1 is 1.08 bits per heavy atom. The van der Waals surface area contributed by atoms with Crippen molar-refractivity contribution in [3.63, 3.8) is 0 Å². The highest BCUT2D eigenvalue weighted by Crippen LogP contribution is 2.46. The molecule has 220 valence electrons. The fourth-order valence-electron chi connectivity index (χ4n) is 5.60. The van der Waals surface area contributed by atoms with E-state index in [1.54, 1.807) is 24.1 Å². The summed E-state index contributed by atoms with van der Waals surface area (Å²) in [4.78, 5) is 15.8. The molecule has 1 aromatic carbocycles. The summed E-state index contributed by atoms with van der Waals surface area (Å²) < 4.78 is 19.2. The summed E-state index contributed by atoms with van der Waals surface area (Å²) in [5.41, 5.74) is 9.67. The Bertz CT molecular complexity index is 1050. The maximum absolute atomic E-state index is 14.0. The lowest BCUT2D eigenvalue weighted by Gasteiger charge is -2.42. The minimum atomic E-state index is -2.24. The summed E-state index contributed by atoms with van der Waals surface area (Å²) in [6, 6.07) is 3.44. The Balaban J connectivity index is 2.47. The summed E-state index contributed by atoms with van der Waals surface area (Å²) in [5, 5.41) is 0.0914. The molecule has 0 saturated carbocycles. The van der Waals surface area contributed by atoms with Crippen molar-refractivity contribution in [3.8, 4) is 11.5 Å². The molecule has 0 aromatic heterocycles. The molecule has 1 unspecified atom stereocenters. The fourth-order valence-corrected chi connectivity index (χ4v) is 11.9. The van der Waals surface area contributed by atoms with Crippen LogP contribution in [0.3, 0.4) is 0 Å². The van der Waals surface area contributed by atoms with E-state index in [-0.39, 0.29) is 17.0 Å². The third kappa shape index (κ3) is 7.00. The van der Waals surface area contributed by atoms with Gasteiger partial charge in [-0.25, -0.2) is 0 Å². The van der Waals surface area contributed by atoms with E-state index in [0.29, 0.717) is 46.0 Å². The quantitative estimate of drug-likeness (QED) is 0.212. The van der Waals surface area contributed by atoms with E-state index in [0.717, 1.165) is 12.0 Å². The third-order valence-electron chi connectivity index (χ3n) is 8.79. The van der Waals surface area contributed by atoms with Crippen LogP contribution in [0.1, 0.15) is 86.0 Å². The number of benzene rings is 1. The summed E-state index contributed by atoms with van der Waals surface area (Å²) in [5.74, 6) is 1.01. The van der Waals surface area contributed by atoms with Gasteiger partial charge < -0.3 is 24.2 Å². The average molecular weight is 575 g/mol. The summed E-state index contributed by atoms with van der Waals surface area (Å²) >= 11 is 0. The third-order valence-corrected chi connectivity index (χ3v) is 19.3. The van der Waals surface area contributed by atoms with Gasteiger partial charge in [0.2, 0.25) is 0 Å². The molecule has 6 nitrogen and oxygen atoms in total. The van der Waals surface area contributed by atoms with Crippen molar-refractivity contribution in [2.75, 3.05) is 19.5 Å². The molecule has 0 fully saturated rings. The van der Waals surface area contributed by atoms with Gasteiger partial charge in [0.05, 0.1) is 25.3 Å². The van der Waals surface area contributed by atoms with E-state index in [2.05, 4.69) is 81.5 Å². The highest BCUT2D eigenvalue weighted by atomic mass is 28.4. The number of carbonyl (C=O) groups excluding carboxylic acids is 1. The molecule has 0 bridgehead atoms. The molecule has 39 heavy (non-hydrogen) atoms. The number of hydrogen-bond donors (Lipinski definition) is 1. The van der Waals surface area contributed by atoms with Gasteiger partial charge in [-0.1, -0.05) is 74.5 Å². The molecule has 8 heteroatoms. The zero-order valence-electron chi connectivity index (χ0n) is 26.8. The van der Waals surface area contributed by atoms with Crippen LogP contribution < -0.4 is 14.9 Å². The normalized spacial score (nSPS) is 17.1. The Kier molecular flexibility index (Phi) is 10.8. The summed E-state index contributed by atoms with van der Waals surface area (Å²) in [6.45, 7) is 27.1. The van der Waals surface area contributed by atoms with Gasteiger partial charge in [-0.2, -0.15) is 0 Å². The fraction of sp³-hybridized carbons (Fsp3) is 0.645. The predicted octanol–water partition coefficient (Wildman–Crippen LogP) is 8.53. The number of nitrogen functional groups attached to an aromatic ring is 1. The first-order valence-corrected chi connectivity index (χ1v) is 19.4. The summed E-state index contributed by atoms with van der Waals surface area (Å²) in [7, 11) is -2.60. The van der Waals surface area contributed by atoms with Crippen LogP contribution in [0.15, 0.2) is 36.1 Å². The number of nitrogens with two attached hydrogens (primary N) is 1. The molecule has 1 aromatic rings. The number of allylic oxidation sites excluding steroid dienone is 2. The van der Waals surface area contributed by atoms with Crippen LogP contribution in [0.4, 0.5) is 5.69 Å². The SMILES string of the molecule is C/C=C/C1=CN(C(=O)c2cc(OC)c(O[Si](C(C)C)(C(C)C)C(C)C)cc2N)C(CO[Si](C)(C)C(C)(C)C)C1. The minimum Gasteiger partial charge on any atom is -0.540 e. The molecule has 1 amide bonds. The van der Waals surface area contributed by atoms with E-state index in [1.165, 1.54) is 0 Å². The van der Waals surface area contributed by atoms with Gasteiger partial charge in [0.15, 0.2) is 14.1 Å². The van der Waals surface area contributed by atoms with Gasteiger partial charge in [0.1, 0.15) is 5.75 Å². The monoisotopic (exact) mass is 574 g/mol. The molecular formula is C31H54N2O4Si2. The van der Waals surface area contributed by atoms with E-state index in [4.69, 9.17) is 19.3 Å². The van der Waals surface area contributed by atoms with Crippen molar-refractivity contribution in [1.82, 2.24) is 4.90 Å². The van der Waals surface area contributed by atoms with Crippen molar-refractivity contribution < 1.29 is 18.4 Å². The molecule has 0 aliphatic carbocycles. The Hall–Kier alpha value is -2.04. The van der Waals surface area contributed by atoms with Crippen LogP contribution in [0.25, 0.3) is 0 Å². The van der Waals surface area contributed by atoms with Gasteiger partial charge >= 0.3 is 0 Å². The van der Waals surface area contributed by atoms with Crippen LogP contribution in [0.2, 0.25) is 34.8 Å². The Labute approximate surface area is 240 Å². The van der Waals surface area contributed by atoms with Crippen LogP contribution >= 0.6 is 0 Å². The number of ether oxygens (including phenoxy) is 1. The Morgan fingerprint density at radius 3 is 2.10 bits per heavy atom. The highest BCUT2D eigenvalue weighted by Gasteiger charge is 2.47. The molecule has 1 atom stereocenters. The maximum atomic E-state index is 14.0. The lowest BCUT2D eigenvalue weighted by atomic mass is 10.1. The van der Waals surface area contributed by atoms with Gasteiger partial charge in [-0.15, -0.1) is 0 Å². The maximum Gasteiger partial charge on any atom is 0.260 e. The van der Waals surface area contributed by atoms with Crippen LogP contribution in [0, 0.1) is 0 Å². The lowest BCUT2D eigenvalue weighted by Crippen LogP contribution is -2.50. The van der Waals surface area contributed by atoms with E-state index >= 15 is 0 Å². The van der Waals surface area contributed by atoms with E-state index < -0.39 is 16.6 Å². The summed E-state index contributed by atoms with van der Waals surface area (Å²) in [6.07, 6.45) is 6.74. The number of hydrogen-bond acceptors (Lipinski definition) is 5. The second kappa shape index (κ2) is 12.6. The predicted molar refractivity (Wildman–Crippen MR) is 170 cm³/mol. The topological polar surface area (TPSA) is 74.0 Å². The van der Waals surface area contributed by atoms with E-state index in [9.17, 15) is 4.79 Å². The van der Waals surface area contributed by atoms with Crippen LogP contribution in [-0.2, 0) is 4.43 Å². The zero-order chi connectivity index (χ0) is 29.9. The van der Waals surface area contributed by atoms with Crippen molar-refractivity contribution in [2.24, 2.45) is 0 Å². The molecule has 0 radical (unpaired) electrons. The lowest BCUT2D eigenvalue weighted by molar-refractivity contribution is 0.0738. The molecule has 2 N–H and O–H groups in total. The second-order valence-corrected chi connectivity index (χ2v) is 23.5. The number of methoxy groups -OCH3 is 1.